The molecular formula is C23H20N2O6S. The lowest BCUT2D eigenvalue weighted by atomic mass is 10.1. The van der Waals surface area contributed by atoms with Crippen LogP contribution in [-0.4, -0.2) is 36.2 Å². The summed E-state index contributed by atoms with van der Waals surface area (Å²) in [7, 11) is -3.36. The van der Waals surface area contributed by atoms with Crippen LogP contribution in [-0.2, 0) is 16.4 Å². The van der Waals surface area contributed by atoms with Gasteiger partial charge >= 0.3 is 0 Å². The Kier molecular flexibility index (Phi) is 5.83. The zero-order valence-electron chi connectivity index (χ0n) is 16.8. The number of benzene rings is 2. The van der Waals surface area contributed by atoms with Crippen molar-refractivity contribution in [1.29, 1.82) is 0 Å². The first-order valence-corrected chi connectivity index (χ1v) is 11.5. The molecule has 1 aliphatic heterocycles. The molecule has 4 rings (SSSR count). The maximum atomic E-state index is 12.6. The minimum atomic E-state index is -3.36. The maximum Gasteiger partial charge on any atom is 0.261 e. The number of aromatic hydroxyl groups is 1. The fourth-order valence-electron chi connectivity index (χ4n) is 3.34. The van der Waals surface area contributed by atoms with Crippen LogP contribution in [0.25, 0.3) is 11.3 Å². The number of rotatable bonds is 6. The van der Waals surface area contributed by atoms with Crippen LogP contribution >= 0.6 is 0 Å². The number of hydrogen-bond acceptors (Lipinski definition) is 6. The van der Waals surface area contributed by atoms with E-state index in [-0.39, 0.29) is 22.8 Å². The predicted octanol–water partition coefficient (Wildman–Crippen LogP) is 2.37. The molecule has 2 aromatic carbocycles. The molecule has 1 unspecified atom stereocenters. The second-order valence-corrected chi connectivity index (χ2v) is 9.21. The molecule has 1 amide bonds. The third kappa shape index (κ3) is 4.73. The predicted molar refractivity (Wildman–Crippen MR) is 119 cm³/mol. The van der Waals surface area contributed by atoms with Crippen molar-refractivity contribution >= 4 is 15.7 Å². The van der Waals surface area contributed by atoms with E-state index in [2.05, 4.69) is 10.3 Å². The fraction of sp³-hybridized carbons (Fsp3) is 0.130. The van der Waals surface area contributed by atoms with Crippen LogP contribution in [0.5, 0.6) is 11.5 Å². The van der Waals surface area contributed by atoms with Gasteiger partial charge in [0.15, 0.2) is 9.84 Å². The van der Waals surface area contributed by atoms with E-state index in [0.717, 1.165) is 17.0 Å². The average Bonchev–Trinajstić information content (AvgIpc) is 3.12. The SMILES string of the molecule is O=C(NC1C=CS(=O)(=O)C1)c1cc(O)c(-c2ccccc2OCc2ccccc2)[nH]c1=O. The molecule has 0 spiro atoms. The van der Waals surface area contributed by atoms with Gasteiger partial charge in [0.1, 0.15) is 23.7 Å². The normalized spacial score (nSPS) is 16.6. The molecule has 32 heavy (non-hydrogen) atoms. The number of sulfone groups is 1. The largest absolute Gasteiger partial charge is 0.506 e. The van der Waals surface area contributed by atoms with Gasteiger partial charge in [0.2, 0.25) is 0 Å². The molecule has 1 aromatic heterocycles. The number of nitrogens with one attached hydrogen (secondary N) is 2. The van der Waals surface area contributed by atoms with Crippen LogP contribution in [0.15, 0.2) is 76.9 Å². The number of aromatic nitrogens is 1. The van der Waals surface area contributed by atoms with E-state index in [1.165, 1.54) is 6.08 Å². The topological polar surface area (TPSA) is 126 Å². The number of pyridine rings is 1. The van der Waals surface area contributed by atoms with Gasteiger partial charge in [0.25, 0.3) is 11.5 Å². The van der Waals surface area contributed by atoms with Gasteiger partial charge in [0.05, 0.1) is 17.5 Å². The summed E-state index contributed by atoms with van der Waals surface area (Å²) < 4.78 is 28.9. The number of H-pyrrole nitrogens is 1. The lowest BCUT2D eigenvalue weighted by Gasteiger charge is -2.14. The lowest BCUT2D eigenvalue weighted by Crippen LogP contribution is -2.38. The van der Waals surface area contributed by atoms with Gasteiger partial charge in [-0.3, -0.25) is 9.59 Å². The molecule has 0 bridgehead atoms. The van der Waals surface area contributed by atoms with E-state index in [4.69, 9.17) is 4.74 Å². The highest BCUT2D eigenvalue weighted by molar-refractivity contribution is 7.94. The van der Waals surface area contributed by atoms with Gasteiger partial charge in [-0.05, 0) is 23.8 Å². The van der Waals surface area contributed by atoms with Gasteiger partial charge < -0.3 is 20.1 Å². The minimum absolute atomic E-state index is 0.110. The molecule has 2 heterocycles. The molecule has 0 radical (unpaired) electrons. The van der Waals surface area contributed by atoms with E-state index < -0.39 is 27.3 Å². The summed E-state index contributed by atoms with van der Waals surface area (Å²) in [4.78, 5) is 27.6. The van der Waals surface area contributed by atoms with Crippen LogP contribution in [0.2, 0.25) is 0 Å². The van der Waals surface area contributed by atoms with Crippen LogP contribution in [0.1, 0.15) is 15.9 Å². The third-order valence-corrected chi connectivity index (χ3v) is 6.30. The summed E-state index contributed by atoms with van der Waals surface area (Å²) in [6.07, 6.45) is 1.34. The maximum absolute atomic E-state index is 12.6. The molecule has 0 saturated heterocycles. The number of carbonyl (C=O) groups excluding carboxylic acids is 1. The first kappa shape index (κ1) is 21.4. The quantitative estimate of drug-likeness (QED) is 0.527. The smallest absolute Gasteiger partial charge is 0.261 e. The number of hydrogen-bond donors (Lipinski definition) is 3. The molecule has 0 aliphatic carbocycles. The van der Waals surface area contributed by atoms with Crippen molar-refractivity contribution in [3.63, 3.8) is 0 Å². The molecule has 1 atom stereocenters. The van der Waals surface area contributed by atoms with E-state index >= 15 is 0 Å². The summed E-state index contributed by atoms with van der Waals surface area (Å²) >= 11 is 0. The molecular weight excluding hydrogens is 432 g/mol. The van der Waals surface area contributed by atoms with Gasteiger partial charge in [-0.2, -0.15) is 0 Å². The number of carbonyl (C=O) groups is 1. The van der Waals surface area contributed by atoms with Crippen molar-refractivity contribution in [2.75, 3.05) is 5.75 Å². The lowest BCUT2D eigenvalue weighted by molar-refractivity contribution is 0.0945. The highest BCUT2D eigenvalue weighted by Crippen LogP contribution is 2.34. The monoisotopic (exact) mass is 452 g/mol. The van der Waals surface area contributed by atoms with Gasteiger partial charge in [-0.1, -0.05) is 42.5 Å². The molecule has 8 nitrogen and oxygen atoms in total. The second kappa shape index (κ2) is 8.72. The summed E-state index contributed by atoms with van der Waals surface area (Å²) in [5.41, 5.74) is 0.466. The van der Waals surface area contributed by atoms with E-state index in [0.29, 0.717) is 17.9 Å². The number of amides is 1. The Morgan fingerprint density at radius 3 is 2.56 bits per heavy atom. The van der Waals surface area contributed by atoms with Crippen LogP contribution in [0.4, 0.5) is 0 Å². The molecule has 0 fully saturated rings. The second-order valence-electron chi connectivity index (χ2n) is 7.28. The average molecular weight is 452 g/mol. The summed E-state index contributed by atoms with van der Waals surface area (Å²) in [5.74, 6) is -0.929. The highest BCUT2D eigenvalue weighted by Gasteiger charge is 2.25. The van der Waals surface area contributed by atoms with Crippen molar-refractivity contribution in [1.82, 2.24) is 10.3 Å². The standard InChI is InChI=1S/C23H20N2O6S/c26-19-12-18(22(27)24-16-10-11-32(29,30)14-16)23(28)25-21(19)17-8-4-5-9-20(17)31-13-15-6-2-1-3-7-15/h1-12,16,26H,13-14H2,(H,24,27)(H,25,28). The minimum Gasteiger partial charge on any atom is -0.506 e. The Hall–Kier alpha value is -3.85. The van der Waals surface area contributed by atoms with Crippen molar-refractivity contribution in [2.45, 2.75) is 12.6 Å². The first-order valence-electron chi connectivity index (χ1n) is 9.76. The third-order valence-electron chi connectivity index (χ3n) is 4.91. The highest BCUT2D eigenvalue weighted by atomic mass is 32.2. The molecule has 1 aliphatic rings. The summed E-state index contributed by atoms with van der Waals surface area (Å²) in [6, 6.07) is 16.7. The van der Waals surface area contributed by atoms with Crippen molar-refractivity contribution in [3.05, 3.63) is 93.6 Å². The summed E-state index contributed by atoms with van der Waals surface area (Å²) in [6.45, 7) is 0.293. The van der Waals surface area contributed by atoms with Gasteiger partial charge in [-0.25, -0.2) is 8.42 Å². The Labute approximate surface area is 184 Å². The Morgan fingerprint density at radius 2 is 1.84 bits per heavy atom. The first-order chi connectivity index (χ1) is 15.3. The molecule has 3 aromatic rings. The van der Waals surface area contributed by atoms with Crippen LogP contribution in [0.3, 0.4) is 0 Å². The molecule has 0 saturated carbocycles. The summed E-state index contributed by atoms with van der Waals surface area (Å²) in [5, 5.41) is 14.0. The van der Waals surface area contributed by atoms with Crippen molar-refractivity contribution < 1.29 is 23.1 Å². The van der Waals surface area contributed by atoms with Crippen LogP contribution in [0, 0.1) is 0 Å². The van der Waals surface area contributed by atoms with Crippen molar-refractivity contribution in [3.8, 4) is 22.8 Å². The molecule has 3 N–H and O–H groups in total. The van der Waals surface area contributed by atoms with Crippen LogP contribution < -0.4 is 15.6 Å². The zero-order chi connectivity index (χ0) is 22.7. The van der Waals surface area contributed by atoms with Crippen molar-refractivity contribution in [2.24, 2.45) is 0 Å². The van der Waals surface area contributed by atoms with Gasteiger partial charge in [0, 0.05) is 17.0 Å². The molecule has 9 heteroatoms. The Balaban J connectivity index is 1.58. The zero-order valence-corrected chi connectivity index (χ0v) is 17.6. The van der Waals surface area contributed by atoms with E-state index in [1.54, 1.807) is 24.3 Å². The Morgan fingerprint density at radius 1 is 1.12 bits per heavy atom. The van der Waals surface area contributed by atoms with E-state index in [1.807, 2.05) is 30.3 Å². The number of ether oxygens (including phenoxy) is 1. The number of para-hydroxylation sites is 1. The van der Waals surface area contributed by atoms with Gasteiger partial charge in [-0.15, -0.1) is 0 Å². The number of aromatic amines is 1. The Bertz CT molecular complexity index is 1350. The fourth-order valence-corrected chi connectivity index (χ4v) is 4.57. The molecule has 164 valence electrons. The van der Waals surface area contributed by atoms with E-state index in [9.17, 15) is 23.1 Å².